The van der Waals surface area contributed by atoms with E-state index in [0.29, 0.717) is 53.8 Å². The van der Waals surface area contributed by atoms with Crippen LogP contribution in [0.15, 0.2) is 72.7 Å². The van der Waals surface area contributed by atoms with Crippen molar-refractivity contribution in [2.24, 2.45) is 0 Å². The van der Waals surface area contributed by atoms with Gasteiger partial charge in [0.2, 0.25) is 5.95 Å². The average Bonchev–Trinajstić information content (AvgIpc) is 3.04. The summed E-state index contributed by atoms with van der Waals surface area (Å²) in [5, 5.41) is 9.19. The van der Waals surface area contributed by atoms with Gasteiger partial charge in [-0.2, -0.15) is 13.2 Å². The molecule has 1 aliphatic rings. The number of carbonyl (C=O) groups is 1. The lowest BCUT2D eigenvalue weighted by Crippen LogP contribution is -2.28. The molecule has 13 heteroatoms. The van der Waals surface area contributed by atoms with Crippen molar-refractivity contribution in [2.45, 2.75) is 32.4 Å². The summed E-state index contributed by atoms with van der Waals surface area (Å²) in [6, 6.07) is 8.57. The lowest BCUT2D eigenvalue weighted by Gasteiger charge is -2.23. The van der Waals surface area contributed by atoms with Gasteiger partial charge < -0.3 is 25.8 Å². The van der Waals surface area contributed by atoms with Gasteiger partial charge in [0.05, 0.1) is 11.8 Å². The molecule has 10 nitrogen and oxygen atoms in total. The number of rotatable bonds is 12. The minimum atomic E-state index is -4.58. The maximum Gasteiger partial charge on any atom is 0.416 e. The van der Waals surface area contributed by atoms with Crippen LogP contribution in [0.1, 0.15) is 40.7 Å². The van der Waals surface area contributed by atoms with Crippen molar-refractivity contribution in [3.63, 3.8) is 0 Å². The smallest absolute Gasteiger partial charge is 0.373 e. The Morgan fingerprint density at radius 2 is 1.85 bits per heavy atom. The molecule has 3 N–H and O–H groups in total. The van der Waals surface area contributed by atoms with Crippen molar-refractivity contribution >= 4 is 45.8 Å². The fraction of sp³-hybridized carbons (Fsp3) is 0.324. The Balaban J connectivity index is 1.34. The SMILES string of the molecule is Cc1ccc(C(=O)Nc2cc(N(C)CCN(C)C)cc(C(F)(F)F)c2)cc1Nc1ncnc2cnc(NCCC3=CC=CCC3)nc12. The van der Waals surface area contributed by atoms with Crippen molar-refractivity contribution in [2.75, 3.05) is 61.6 Å². The molecular weight excluding hydrogens is 607 g/mol. The molecule has 0 spiro atoms. The Morgan fingerprint density at radius 3 is 2.60 bits per heavy atom. The predicted octanol–water partition coefficient (Wildman–Crippen LogP) is 6.82. The molecule has 0 saturated carbocycles. The quantitative estimate of drug-likeness (QED) is 0.153. The first kappa shape index (κ1) is 33.3. The number of benzene rings is 2. The molecule has 1 aliphatic carbocycles. The first-order valence-corrected chi connectivity index (χ1v) is 15.3. The van der Waals surface area contributed by atoms with Crippen molar-refractivity contribution < 1.29 is 18.0 Å². The number of nitrogens with one attached hydrogen (secondary N) is 3. The van der Waals surface area contributed by atoms with E-state index in [4.69, 9.17) is 0 Å². The standard InChI is InChI=1S/C34H38F3N9O/c1-22-10-11-24(32(47)42-26-17-25(34(35,36)37)18-27(19-26)46(4)15-14-45(2)3)16-28(22)43-31-30-29(40-21-41-31)20-39-33(44-30)38-13-12-23-8-6-5-7-9-23/h5-6,8,10-11,16-21H,7,9,12-15H2,1-4H3,(H,42,47)(H,38,39,44)(H,40,41,43). The zero-order chi connectivity index (χ0) is 33.6. The Hall–Kier alpha value is -5.04. The third-order valence-corrected chi connectivity index (χ3v) is 7.79. The fourth-order valence-corrected chi connectivity index (χ4v) is 5.00. The summed E-state index contributed by atoms with van der Waals surface area (Å²) in [4.78, 5) is 34.7. The number of anilines is 5. The highest BCUT2D eigenvalue weighted by Gasteiger charge is 2.32. The molecule has 2 aromatic carbocycles. The number of alkyl halides is 3. The van der Waals surface area contributed by atoms with Crippen LogP contribution in [0, 0.1) is 6.92 Å². The van der Waals surface area contributed by atoms with Crippen molar-refractivity contribution in [1.82, 2.24) is 24.8 Å². The molecule has 0 bridgehead atoms. The molecule has 5 rings (SSSR count). The Morgan fingerprint density at radius 1 is 1.02 bits per heavy atom. The van der Waals surface area contributed by atoms with Gasteiger partial charge in [0, 0.05) is 49.3 Å². The van der Waals surface area contributed by atoms with Crippen LogP contribution in [0.2, 0.25) is 0 Å². The van der Waals surface area contributed by atoms with E-state index in [1.165, 1.54) is 18.0 Å². The molecule has 246 valence electrons. The van der Waals surface area contributed by atoms with Gasteiger partial charge in [-0.1, -0.05) is 29.9 Å². The summed E-state index contributed by atoms with van der Waals surface area (Å²) in [7, 11) is 5.50. The second kappa shape index (κ2) is 14.6. The van der Waals surface area contributed by atoms with E-state index in [1.807, 2.05) is 25.9 Å². The monoisotopic (exact) mass is 645 g/mol. The number of carbonyl (C=O) groups excluding carboxylic acids is 1. The van der Waals surface area contributed by atoms with Crippen LogP contribution in [0.4, 0.5) is 42.0 Å². The number of allylic oxidation sites excluding steroid dienone is 3. The number of amides is 1. The number of halogens is 3. The van der Waals surface area contributed by atoms with E-state index < -0.39 is 17.6 Å². The molecular formula is C34H38F3N9O. The summed E-state index contributed by atoms with van der Waals surface area (Å²) < 4.78 is 41.4. The number of likely N-dealkylation sites (N-methyl/N-ethyl adjacent to an activating group) is 2. The Kier molecular flexibility index (Phi) is 10.3. The number of hydrogen-bond donors (Lipinski definition) is 3. The van der Waals surface area contributed by atoms with Crippen LogP contribution in [0.3, 0.4) is 0 Å². The van der Waals surface area contributed by atoms with Gasteiger partial charge in [-0.3, -0.25) is 4.79 Å². The minimum absolute atomic E-state index is 0.0429. The van der Waals surface area contributed by atoms with Gasteiger partial charge >= 0.3 is 6.18 Å². The molecule has 1 amide bonds. The molecule has 2 heterocycles. The maximum absolute atomic E-state index is 13.8. The molecule has 2 aromatic heterocycles. The fourth-order valence-electron chi connectivity index (χ4n) is 5.00. The first-order chi connectivity index (χ1) is 22.5. The third-order valence-electron chi connectivity index (χ3n) is 7.79. The van der Waals surface area contributed by atoms with Crippen LogP contribution >= 0.6 is 0 Å². The lowest BCUT2D eigenvalue weighted by atomic mass is 10.0. The summed E-state index contributed by atoms with van der Waals surface area (Å²) in [6.45, 7) is 3.70. The summed E-state index contributed by atoms with van der Waals surface area (Å²) >= 11 is 0. The van der Waals surface area contributed by atoms with E-state index in [9.17, 15) is 18.0 Å². The minimum Gasteiger partial charge on any atom is -0.373 e. The van der Waals surface area contributed by atoms with E-state index in [-0.39, 0.29) is 11.3 Å². The van der Waals surface area contributed by atoms with Crippen LogP contribution in [-0.2, 0) is 6.18 Å². The normalized spacial score (nSPS) is 13.1. The van der Waals surface area contributed by atoms with Gasteiger partial charge in [-0.15, -0.1) is 0 Å². The second-order valence-electron chi connectivity index (χ2n) is 11.7. The zero-order valence-corrected chi connectivity index (χ0v) is 26.8. The molecule has 0 atom stereocenters. The largest absolute Gasteiger partial charge is 0.416 e. The highest BCUT2D eigenvalue weighted by molar-refractivity contribution is 6.05. The van der Waals surface area contributed by atoms with Gasteiger partial charge in [0.25, 0.3) is 5.91 Å². The molecule has 47 heavy (non-hydrogen) atoms. The zero-order valence-electron chi connectivity index (χ0n) is 26.8. The van der Waals surface area contributed by atoms with Crippen LogP contribution in [0.5, 0.6) is 0 Å². The van der Waals surface area contributed by atoms with E-state index >= 15 is 0 Å². The number of nitrogens with zero attached hydrogens (tertiary/aromatic N) is 6. The third kappa shape index (κ3) is 8.82. The number of aryl methyl sites for hydroxylation is 1. The summed E-state index contributed by atoms with van der Waals surface area (Å²) in [5.41, 5.74) is 3.59. The number of aromatic nitrogens is 4. The topological polar surface area (TPSA) is 111 Å². The Labute approximate surface area is 271 Å². The van der Waals surface area contributed by atoms with E-state index in [2.05, 4.69) is 54.1 Å². The molecule has 4 aromatic rings. The van der Waals surface area contributed by atoms with Gasteiger partial charge in [0.1, 0.15) is 17.4 Å². The highest BCUT2D eigenvalue weighted by Crippen LogP contribution is 2.35. The summed E-state index contributed by atoms with van der Waals surface area (Å²) in [6.07, 6.45) is 7.79. The molecule has 0 fully saturated rings. The first-order valence-electron chi connectivity index (χ1n) is 15.3. The molecule has 0 aliphatic heterocycles. The van der Waals surface area contributed by atoms with E-state index in [1.54, 1.807) is 36.3 Å². The van der Waals surface area contributed by atoms with Gasteiger partial charge in [-0.05, 0) is 76.2 Å². The van der Waals surface area contributed by atoms with E-state index in [0.717, 1.165) is 37.0 Å². The average molecular weight is 646 g/mol. The number of hydrogen-bond acceptors (Lipinski definition) is 9. The number of fused-ring (bicyclic) bond motifs is 1. The van der Waals surface area contributed by atoms with Crippen LogP contribution < -0.4 is 20.9 Å². The molecule has 0 radical (unpaired) electrons. The van der Waals surface area contributed by atoms with Gasteiger partial charge in [0.15, 0.2) is 5.82 Å². The summed E-state index contributed by atoms with van der Waals surface area (Å²) in [5.74, 6) is 0.309. The Bertz CT molecular complexity index is 1800. The van der Waals surface area contributed by atoms with Crippen LogP contribution in [0.25, 0.3) is 11.0 Å². The van der Waals surface area contributed by atoms with Crippen molar-refractivity contribution in [3.8, 4) is 0 Å². The maximum atomic E-state index is 13.8. The molecule has 0 saturated heterocycles. The van der Waals surface area contributed by atoms with Crippen molar-refractivity contribution in [1.29, 1.82) is 0 Å². The van der Waals surface area contributed by atoms with Crippen LogP contribution in [-0.4, -0.2) is 71.5 Å². The van der Waals surface area contributed by atoms with Gasteiger partial charge in [-0.25, -0.2) is 19.9 Å². The highest BCUT2D eigenvalue weighted by atomic mass is 19.4. The molecule has 0 unspecified atom stereocenters. The second-order valence-corrected chi connectivity index (χ2v) is 11.7. The van der Waals surface area contributed by atoms with Crippen molar-refractivity contribution in [3.05, 3.63) is 89.4 Å². The predicted molar refractivity (Wildman–Crippen MR) is 180 cm³/mol. The lowest BCUT2D eigenvalue weighted by molar-refractivity contribution is -0.137.